The zero-order valence-electron chi connectivity index (χ0n) is 15.0. The molecule has 3 aromatic rings. The molecule has 2 aromatic carbocycles. The third-order valence-corrected chi connectivity index (χ3v) is 4.66. The van der Waals surface area contributed by atoms with Crippen molar-refractivity contribution in [3.05, 3.63) is 65.7 Å². The van der Waals surface area contributed by atoms with E-state index < -0.39 is 0 Å². The molecule has 0 bridgehead atoms. The smallest absolute Gasteiger partial charge is 0.255 e. The van der Waals surface area contributed by atoms with E-state index in [9.17, 15) is 4.79 Å². The predicted molar refractivity (Wildman–Crippen MR) is 103 cm³/mol. The van der Waals surface area contributed by atoms with Gasteiger partial charge in [-0.05, 0) is 61.0 Å². The highest BCUT2D eigenvalue weighted by atomic mass is 32.2. The van der Waals surface area contributed by atoms with Gasteiger partial charge in [-0.15, -0.1) is 5.10 Å². The Morgan fingerprint density at radius 1 is 1.12 bits per heavy atom. The number of aromatic nitrogens is 4. The first-order valence-electron chi connectivity index (χ1n) is 8.30. The van der Waals surface area contributed by atoms with Gasteiger partial charge in [-0.1, -0.05) is 42.1 Å². The minimum absolute atomic E-state index is 0.123. The van der Waals surface area contributed by atoms with Crippen LogP contribution in [0.15, 0.2) is 59.8 Å². The van der Waals surface area contributed by atoms with Crippen LogP contribution in [0.4, 0.5) is 5.69 Å². The van der Waals surface area contributed by atoms with Crippen molar-refractivity contribution < 1.29 is 4.79 Å². The minimum Gasteiger partial charge on any atom is -0.322 e. The van der Waals surface area contributed by atoms with Gasteiger partial charge in [-0.2, -0.15) is 0 Å². The molecule has 0 radical (unpaired) electrons. The molecule has 1 N–H and O–H groups in total. The fraction of sp³-hybridized carbons (Fsp3) is 0.263. The van der Waals surface area contributed by atoms with E-state index in [1.54, 1.807) is 11.8 Å². The normalized spacial score (nSPS) is 11.3. The van der Waals surface area contributed by atoms with E-state index in [2.05, 4.69) is 41.6 Å². The molecule has 7 heteroatoms. The number of thioether (sulfide) groups is 1. The van der Waals surface area contributed by atoms with Crippen molar-refractivity contribution in [1.29, 1.82) is 0 Å². The first-order chi connectivity index (χ1) is 12.4. The third kappa shape index (κ3) is 4.49. The molecule has 26 heavy (non-hydrogen) atoms. The van der Waals surface area contributed by atoms with Crippen molar-refractivity contribution in [2.45, 2.75) is 37.2 Å². The van der Waals surface area contributed by atoms with Gasteiger partial charge in [0.2, 0.25) is 5.16 Å². The highest BCUT2D eigenvalue weighted by Gasteiger charge is 2.20. The molecule has 0 atom stereocenters. The number of carbonyl (C=O) groups is 1. The van der Waals surface area contributed by atoms with Gasteiger partial charge in [0, 0.05) is 17.0 Å². The summed E-state index contributed by atoms with van der Waals surface area (Å²) in [5.74, 6) is 0.561. The van der Waals surface area contributed by atoms with E-state index in [4.69, 9.17) is 0 Å². The summed E-state index contributed by atoms with van der Waals surface area (Å²) in [6.45, 7) is 6.17. The van der Waals surface area contributed by atoms with Crippen molar-refractivity contribution in [3.8, 4) is 0 Å². The predicted octanol–water partition coefficient (Wildman–Crippen LogP) is 3.97. The maximum Gasteiger partial charge on any atom is 0.255 e. The topological polar surface area (TPSA) is 72.7 Å². The molecule has 6 nitrogen and oxygen atoms in total. The van der Waals surface area contributed by atoms with Gasteiger partial charge >= 0.3 is 0 Å². The number of hydrogen-bond donors (Lipinski definition) is 1. The van der Waals surface area contributed by atoms with E-state index in [1.807, 2.05) is 59.3 Å². The first kappa shape index (κ1) is 18.1. The largest absolute Gasteiger partial charge is 0.322 e. The molecule has 0 unspecified atom stereocenters. The average molecular weight is 367 g/mol. The summed E-state index contributed by atoms with van der Waals surface area (Å²) < 4.78 is 1.81. The number of benzene rings is 2. The highest BCUT2D eigenvalue weighted by molar-refractivity contribution is 7.98. The second-order valence-electron chi connectivity index (χ2n) is 6.85. The number of nitrogens with zero attached hydrogens (tertiary/aromatic N) is 4. The van der Waals surface area contributed by atoms with Crippen LogP contribution in [0.3, 0.4) is 0 Å². The van der Waals surface area contributed by atoms with Gasteiger partial charge in [-0.3, -0.25) is 4.79 Å². The molecular weight excluding hydrogens is 346 g/mol. The molecule has 0 saturated carbocycles. The van der Waals surface area contributed by atoms with Crippen LogP contribution >= 0.6 is 11.8 Å². The van der Waals surface area contributed by atoms with Gasteiger partial charge in [0.25, 0.3) is 5.91 Å². The van der Waals surface area contributed by atoms with Crippen LogP contribution in [0.2, 0.25) is 0 Å². The number of nitrogens with one attached hydrogen (secondary N) is 1. The Morgan fingerprint density at radius 3 is 2.62 bits per heavy atom. The van der Waals surface area contributed by atoms with E-state index >= 15 is 0 Å². The van der Waals surface area contributed by atoms with Crippen molar-refractivity contribution >= 4 is 23.4 Å². The summed E-state index contributed by atoms with van der Waals surface area (Å²) in [5, 5.41) is 15.6. The Morgan fingerprint density at radius 2 is 1.88 bits per heavy atom. The van der Waals surface area contributed by atoms with E-state index in [0.29, 0.717) is 11.3 Å². The minimum atomic E-state index is -0.177. The summed E-state index contributed by atoms with van der Waals surface area (Å²) in [4.78, 5) is 12.4. The summed E-state index contributed by atoms with van der Waals surface area (Å²) in [6.07, 6.45) is 0. The summed E-state index contributed by atoms with van der Waals surface area (Å²) in [6, 6.07) is 17.0. The first-order valence-corrected chi connectivity index (χ1v) is 9.29. The molecule has 1 amide bonds. The Hall–Kier alpha value is -2.67. The molecule has 3 rings (SSSR count). The Kier molecular flexibility index (Phi) is 5.37. The zero-order valence-corrected chi connectivity index (χ0v) is 15.8. The number of amides is 1. The molecule has 134 valence electrons. The van der Waals surface area contributed by atoms with E-state index in [-0.39, 0.29) is 11.4 Å². The number of rotatable bonds is 5. The third-order valence-electron chi connectivity index (χ3n) is 3.67. The second kappa shape index (κ2) is 7.70. The number of tetrazole rings is 1. The van der Waals surface area contributed by atoms with Crippen LogP contribution in [0.1, 0.15) is 36.7 Å². The molecule has 0 aliphatic heterocycles. The fourth-order valence-corrected chi connectivity index (χ4v) is 3.37. The number of para-hydroxylation sites is 1. The Bertz CT molecular complexity index is 886. The lowest BCUT2D eigenvalue weighted by atomic mass is 10.1. The lowest BCUT2D eigenvalue weighted by molar-refractivity contribution is 0.102. The highest BCUT2D eigenvalue weighted by Crippen LogP contribution is 2.25. The van der Waals surface area contributed by atoms with Crippen molar-refractivity contribution in [1.82, 2.24) is 20.2 Å². The molecule has 0 aliphatic rings. The SMILES string of the molecule is CC(C)(C)n1nnnc1SCc1cccc(C(=O)Nc2ccccc2)c1. The van der Waals surface area contributed by atoms with E-state index in [0.717, 1.165) is 16.4 Å². The summed E-state index contributed by atoms with van der Waals surface area (Å²) in [5.41, 5.74) is 2.27. The van der Waals surface area contributed by atoms with Crippen molar-refractivity contribution in [3.63, 3.8) is 0 Å². The number of hydrogen-bond acceptors (Lipinski definition) is 5. The van der Waals surface area contributed by atoms with Crippen LogP contribution in [0.5, 0.6) is 0 Å². The second-order valence-corrected chi connectivity index (χ2v) is 7.80. The Balaban J connectivity index is 1.68. The maximum absolute atomic E-state index is 12.4. The summed E-state index contributed by atoms with van der Waals surface area (Å²) >= 11 is 1.55. The van der Waals surface area contributed by atoms with Crippen molar-refractivity contribution in [2.24, 2.45) is 0 Å². The summed E-state index contributed by atoms with van der Waals surface area (Å²) in [7, 11) is 0. The van der Waals surface area contributed by atoms with Crippen LogP contribution in [-0.4, -0.2) is 26.1 Å². The van der Waals surface area contributed by atoms with Crippen molar-refractivity contribution in [2.75, 3.05) is 5.32 Å². The van der Waals surface area contributed by atoms with Gasteiger partial charge in [-0.25, -0.2) is 4.68 Å². The average Bonchev–Trinajstić information content (AvgIpc) is 3.10. The molecule has 0 aliphatic carbocycles. The fourth-order valence-electron chi connectivity index (χ4n) is 2.36. The lowest BCUT2D eigenvalue weighted by Gasteiger charge is -2.19. The van der Waals surface area contributed by atoms with Crippen LogP contribution in [-0.2, 0) is 11.3 Å². The van der Waals surface area contributed by atoms with Crippen LogP contribution in [0.25, 0.3) is 0 Å². The molecular formula is C19H21N5OS. The van der Waals surface area contributed by atoms with E-state index in [1.165, 1.54) is 0 Å². The van der Waals surface area contributed by atoms with Gasteiger partial charge in [0.1, 0.15) is 0 Å². The molecule has 0 saturated heterocycles. The van der Waals surface area contributed by atoms with Gasteiger partial charge in [0.15, 0.2) is 0 Å². The Labute approximate surface area is 157 Å². The molecule has 0 fully saturated rings. The molecule has 1 heterocycles. The van der Waals surface area contributed by atoms with Crippen LogP contribution in [0, 0.1) is 0 Å². The lowest BCUT2D eigenvalue weighted by Crippen LogP contribution is -2.24. The molecule has 0 spiro atoms. The number of carbonyl (C=O) groups excluding carboxylic acids is 1. The van der Waals surface area contributed by atoms with Gasteiger partial charge < -0.3 is 5.32 Å². The quantitative estimate of drug-likeness (QED) is 0.691. The monoisotopic (exact) mass is 367 g/mol. The standard InChI is InChI=1S/C19H21N5OS/c1-19(2,3)24-18(21-22-23-24)26-13-14-8-7-9-15(12-14)17(25)20-16-10-5-4-6-11-16/h4-12H,13H2,1-3H3,(H,20,25). The molecule has 1 aromatic heterocycles. The maximum atomic E-state index is 12.4. The zero-order chi connectivity index (χ0) is 18.6. The van der Waals surface area contributed by atoms with Crippen LogP contribution < -0.4 is 5.32 Å². The number of anilines is 1. The van der Waals surface area contributed by atoms with Gasteiger partial charge in [0.05, 0.1) is 5.54 Å².